The highest BCUT2D eigenvalue weighted by Crippen LogP contribution is 2.24. The molecule has 10 heteroatoms. The third-order valence-electron chi connectivity index (χ3n) is 4.99. The normalized spacial score (nSPS) is 35.3. The van der Waals surface area contributed by atoms with Gasteiger partial charge in [-0.1, -0.05) is 20.8 Å². The molecule has 2 aliphatic heterocycles. The quantitative estimate of drug-likeness (QED) is 0.596. The minimum Gasteiger partial charge on any atom is -0.547 e. The van der Waals surface area contributed by atoms with Crippen molar-refractivity contribution in [1.29, 1.82) is 0 Å². The third-order valence-corrected chi connectivity index (χ3v) is 5.42. The molecule has 26 heavy (non-hydrogen) atoms. The minimum absolute atomic E-state index is 0.125. The van der Waals surface area contributed by atoms with Gasteiger partial charge in [-0.25, -0.2) is 4.18 Å². The van der Waals surface area contributed by atoms with Gasteiger partial charge in [-0.15, -0.1) is 0 Å². The smallest absolute Gasteiger partial charge is 0.397 e. The average Bonchev–Trinajstić information content (AvgIpc) is 2.55. The summed E-state index contributed by atoms with van der Waals surface area (Å²) in [6.07, 6.45) is 0.345. The summed E-state index contributed by atoms with van der Waals surface area (Å²) in [5.74, 6) is 0.194. The second-order valence-corrected chi connectivity index (χ2v) is 8.20. The van der Waals surface area contributed by atoms with E-state index < -0.39 is 22.5 Å². The number of ether oxygens (including phenoxy) is 2. The number of carbonyl (C=O) groups excluding carboxylic acids is 1. The predicted molar refractivity (Wildman–Crippen MR) is 91.6 cm³/mol. The van der Waals surface area contributed by atoms with Crippen molar-refractivity contribution >= 4 is 16.4 Å². The number of carboxylic acids is 1. The molecule has 2 fully saturated rings. The number of aliphatic carboxylic acids is 1. The van der Waals surface area contributed by atoms with Crippen LogP contribution < -0.4 is 10.4 Å². The van der Waals surface area contributed by atoms with Crippen LogP contribution in [0.25, 0.3) is 0 Å². The van der Waals surface area contributed by atoms with Gasteiger partial charge < -0.3 is 24.7 Å². The van der Waals surface area contributed by atoms with Gasteiger partial charge in [-0.2, -0.15) is 8.42 Å². The third kappa shape index (κ3) is 8.28. The van der Waals surface area contributed by atoms with Crippen molar-refractivity contribution in [2.75, 3.05) is 26.9 Å². The van der Waals surface area contributed by atoms with Crippen LogP contribution in [0.1, 0.15) is 33.6 Å². The number of carbonyl (C=O) groups is 1. The Morgan fingerprint density at radius 1 is 1.15 bits per heavy atom. The maximum absolute atomic E-state index is 10.4. The molecule has 2 saturated heterocycles. The van der Waals surface area contributed by atoms with Gasteiger partial charge in [0.05, 0.1) is 38.0 Å². The maximum Gasteiger partial charge on any atom is 0.397 e. The molecule has 0 bridgehead atoms. The topological polar surface area (TPSA) is 134 Å². The zero-order chi connectivity index (χ0) is 19.9. The molecular formula is C16H30NO8S-. The second kappa shape index (κ2) is 10.5. The first-order valence-electron chi connectivity index (χ1n) is 8.76. The van der Waals surface area contributed by atoms with Crippen LogP contribution in [0.5, 0.6) is 0 Å². The van der Waals surface area contributed by atoms with Crippen molar-refractivity contribution in [3.63, 3.8) is 0 Å². The molecule has 0 aromatic carbocycles. The van der Waals surface area contributed by atoms with Gasteiger partial charge in [0.15, 0.2) is 0 Å². The molecule has 0 aromatic rings. The zero-order valence-corrected chi connectivity index (χ0v) is 16.5. The summed E-state index contributed by atoms with van der Waals surface area (Å²) in [6, 6.07) is 0.284. The van der Waals surface area contributed by atoms with E-state index in [1.807, 2.05) is 14.0 Å². The van der Waals surface area contributed by atoms with E-state index in [0.717, 1.165) is 0 Å². The number of likely N-dealkylation sites (N-methyl/N-ethyl adjacent to an activating group) is 1. The van der Waals surface area contributed by atoms with Crippen LogP contribution in [0.3, 0.4) is 0 Å². The summed E-state index contributed by atoms with van der Waals surface area (Å²) in [6.45, 7) is 7.11. The van der Waals surface area contributed by atoms with Crippen molar-refractivity contribution < 1.29 is 36.5 Å². The highest BCUT2D eigenvalue weighted by atomic mass is 32.3. The largest absolute Gasteiger partial charge is 0.547 e. The monoisotopic (exact) mass is 396 g/mol. The molecule has 0 amide bonds. The molecule has 0 spiro atoms. The molecule has 2 heterocycles. The van der Waals surface area contributed by atoms with Crippen LogP contribution >= 0.6 is 0 Å². The highest BCUT2D eigenvalue weighted by Gasteiger charge is 2.28. The van der Waals surface area contributed by atoms with Gasteiger partial charge in [0.1, 0.15) is 0 Å². The minimum atomic E-state index is -4.36. The Balaban J connectivity index is 0.000000273. The van der Waals surface area contributed by atoms with Crippen molar-refractivity contribution in [2.45, 2.75) is 51.9 Å². The first-order chi connectivity index (χ1) is 12.0. The van der Waals surface area contributed by atoms with Gasteiger partial charge in [0, 0.05) is 6.04 Å². The van der Waals surface area contributed by atoms with E-state index in [-0.39, 0.29) is 18.8 Å². The summed E-state index contributed by atoms with van der Waals surface area (Å²) in [5.41, 5.74) is 0. The molecule has 9 nitrogen and oxygen atoms in total. The van der Waals surface area contributed by atoms with Gasteiger partial charge in [-0.05, 0) is 37.6 Å². The first kappa shape index (κ1) is 23.3. The predicted octanol–water partition coefficient (Wildman–Crippen LogP) is -0.384. The van der Waals surface area contributed by atoms with E-state index in [2.05, 4.69) is 23.3 Å². The Bertz CT molecular complexity index is 540. The fourth-order valence-electron chi connectivity index (χ4n) is 2.93. The van der Waals surface area contributed by atoms with Gasteiger partial charge in [0.2, 0.25) is 0 Å². The van der Waals surface area contributed by atoms with E-state index in [1.165, 1.54) is 0 Å². The van der Waals surface area contributed by atoms with Gasteiger partial charge >= 0.3 is 10.4 Å². The van der Waals surface area contributed by atoms with Crippen LogP contribution in [-0.4, -0.2) is 64.1 Å². The molecule has 0 aliphatic carbocycles. The van der Waals surface area contributed by atoms with Crippen molar-refractivity contribution in [1.82, 2.24) is 5.32 Å². The summed E-state index contributed by atoms with van der Waals surface area (Å²) in [7, 11) is -2.50. The first-order valence-corrected chi connectivity index (χ1v) is 10.1. The van der Waals surface area contributed by atoms with Crippen molar-refractivity contribution in [2.24, 2.45) is 17.8 Å². The van der Waals surface area contributed by atoms with Crippen LogP contribution in [0.2, 0.25) is 0 Å². The average molecular weight is 396 g/mol. The highest BCUT2D eigenvalue weighted by molar-refractivity contribution is 7.80. The lowest BCUT2D eigenvalue weighted by molar-refractivity contribution is -0.319. The summed E-state index contributed by atoms with van der Waals surface area (Å²) in [5, 5.41) is 13.5. The van der Waals surface area contributed by atoms with Crippen LogP contribution in [0.15, 0.2) is 0 Å². The molecule has 0 radical (unpaired) electrons. The van der Waals surface area contributed by atoms with Crippen molar-refractivity contribution in [3.8, 4) is 0 Å². The molecule has 2 aliphatic rings. The Morgan fingerprint density at radius 2 is 1.81 bits per heavy atom. The Labute approximate surface area is 155 Å². The van der Waals surface area contributed by atoms with Gasteiger partial charge in [-0.3, -0.25) is 4.55 Å². The molecule has 154 valence electrons. The number of carboxylic acid groups (broad SMARTS) is 1. The van der Waals surface area contributed by atoms with Crippen LogP contribution in [-0.2, 0) is 28.9 Å². The summed E-state index contributed by atoms with van der Waals surface area (Å²) in [4.78, 5) is 10.4. The van der Waals surface area contributed by atoms with E-state index >= 15 is 0 Å². The molecule has 6 unspecified atom stereocenters. The number of hydrogen-bond donors (Lipinski definition) is 2. The molecule has 0 saturated carbocycles. The van der Waals surface area contributed by atoms with E-state index in [1.54, 1.807) is 0 Å². The number of hydrogen-bond acceptors (Lipinski definition) is 8. The Morgan fingerprint density at radius 3 is 2.27 bits per heavy atom. The number of nitrogens with one attached hydrogen (secondary N) is 1. The summed E-state index contributed by atoms with van der Waals surface area (Å²) >= 11 is 0. The Hall–Kier alpha value is -0.780. The van der Waals surface area contributed by atoms with Crippen LogP contribution in [0, 0.1) is 17.8 Å². The SMILES string of the molecule is CC1COC(C(=O)[O-])CC1C.CNC1COC(COS(=O)(=O)O)CC1C. The zero-order valence-electron chi connectivity index (χ0n) is 15.7. The van der Waals surface area contributed by atoms with Gasteiger partial charge in [0.25, 0.3) is 0 Å². The van der Waals surface area contributed by atoms with E-state index in [9.17, 15) is 18.3 Å². The van der Waals surface area contributed by atoms with E-state index in [0.29, 0.717) is 43.8 Å². The van der Waals surface area contributed by atoms with Crippen molar-refractivity contribution in [3.05, 3.63) is 0 Å². The summed E-state index contributed by atoms with van der Waals surface area (Å²) < 4.78 is 43.8. The molecule has 6 atom stereocenters. The van der Waals surface area contributed by atoms with Crippen LogP contribution in [0.4, 0.5) is 0 Å². The lowest BCUT2D eigenvalue weighted by atomic mass is 9.89. The lowest BCUT2D eigenvalue weighted by Crippen LogP contribution is -2.45. The Kier molecular flexibility index (Phi) is 9.42. The maximum atomic E-state index is 10.4. The standard InChI is InChI=1S/C8H17NO5S.C8H14O3/c1-6-3-7(4-14-15(10,11)12)13-5-8(6)9-2;1-5-3-7(8(9)10)11-4-6(5)2/h6-9H,3-5H2,1-2H3,(H,10,11,12);5-7H,3-4H2,1-2H3,(H,9,10)/p-1. The second-order valence-electron chi connectivity index (χ2n) is 7.11. The molecule has 2 N–H and O–H groups in total. The fourth-order valence-corrected chi connectivity index (χ4v) is 3.26. The fraction of sp³-hybridized carbons (Fsp3) is 0.938. The molecular weight excluding hydrogens is 366 g/mol. The lowest BCUT2D eigenvalue weighted by Gasteiger charge is -2.33. The van der Waals surface area contributed by atoms with E-state index in [4.69, 9.17) is 14.0 Å². The molecule has 0 aromatic heterocycles. The number of rotatable bonds is 5. The molecule has 2 rings (SSSR count).